The number of rotatable bonds is 1. The van der Waals surface area contributed by atoms with Crippen LogP contribution in [0.5, 0.6) is 5.75 Å². The molecule has 1 heterocycles. The monoisotopic (exact) mass is 178 g/mol. The van der Waals surface area contributed by atoms with E-state index in [1.165, 1.54) is 0 Å². The molecule has 1 unspecified atom stereocenters. The summed E-state index contributed by atoms with van der Waals surface area (Å²) in [6.45, 7) is 1.62. The Labute approximate surface area is 77.6 Å². The summed E-state index contributed by atoms with van der Waals surface area (Å²) in [5, 5.41) is 12.6. The van der Waals surface area contributed by atoms with Crippen LogP contribution in [0.1, 0.15) is 17.9 Å². The Hall–Kier alpha value is -1.22. The van der Waals surface area contributed by atoms with Gasteiger partial charge in [0.05, 0.1) is 0 Å². The third kappa shape index (κ3) is 1.47. The predicted molar refractivity (Wildman–Crippen MR) is 53.0 cm³/mol. The number of hydrogen-bond donors (Lipinski definition) is 3. The summed E-state index contributed by atoms with van der Waals surface area (Å²) < 4.78 is 0. The van der Waals surface area contributed by atoms with Crippen LogP contribution in [0.2, 0.25) is 0 Å². The van der Waals surface area contributed by atoms with E-state index in [0.29, 0.717) is 18.2 Å². The van der Waals surface area contributed by atoms with E-state index in [1.807, 2.05) is 6.07 Å². The van der Waals surface area contributed by atoms with Gasteiger partial charge in [0.25, 0.3) is 0 Å². The van der Waals surface area contributed by atoms with Gasteiger partial charge in [0, 0.05) is 12.2 Å². The van der Waals surface area contributed by atoms with Gasteiger partial charge in [0.1, 0.15) is 5.75 Å². The van der Waals surface area contributed by atoms with Gasteiger partial charge in [0.15, 0.2) is 0 Å². The number of anilines is 1. The molecule has 3 nitrogen and oxygen atoms in total. The molecule has 1 atom stereocenters. The van der Waals surface area contributed by atoms with Crippen LogP contribution in [0.15, 0.2) is 18.2 Å². The Morgan fingerprint density at radius 3 is 3.15 bits per heavy atom. The fourth-order valence-corrected chi connectivity index (χ4v) is 1.83. The first-order chi connectivity index (χ1) is 6.31. The van der Waals surface area contributed by atoms with Gasteiger partial charge in [-0.05, 0) is 42.6 Å². The molecule has 0 fully saturated rings. The number of benzene rings is 1. The van der Waals surface area contributed by atoms with Crippen molar-refractivity contribution in [3.8, 4) is 5.75 Å². The molecule has 2 rings (SSSR count). The summed E-state index contributed by atoms with van der Waals surface area (Å²) in [7, 11) is 0. The molecule has 13 heavy (non-hydrogen) atoms. The number of phenols is 1. The molecule has 1 aromatic carbocycles. The number of hydrogen-bond acceptors (Lipinski definition) is 3. The second-order valence-corrected chi connectivity index (χ2v) is 3.42. The van der Waals surface area contributed by atoms with E-state index in [1.54, 1.807) is 12.1 Å². The van der Waals surface area contributed by atoms with Gasteiger partial charge in [-0.1, -0.05) is 0 Å². The maximum Gasteiger partial charge on any atom is 0.116 e. The van der Waals surface area contributed by atoms with Gasteiger partial charge >= 0.3 is 0 Å². The van der Waals surface area contributed by atoms with Crippen molar-refractivity contribution in [1.82, 2.24) is 0 Å². The van der Waals surface area contributed by atoms with Crippen LogP contribution in [0.3, 0.4) is 0 Å². The summed E-state index contributed by atoms with van der Waals surface area (Å²) in [6.07, 6.45) is 1.05. The van der Waals surface area contributed by atoms with E-state index in [9.17, 15) is 5.11 Å². The number of phenolic OH excluding ortho intramolecular Hbond substituents is 1. The number of aromatic hydroxyl groups is 1. The fraction of sp³-hybridized carbons (Fsp3) is 0.400. The van der Waals surface area contributed by atoms with Crippen LogP contribution in [0.25, 0.3) is 0 Å². The highest BCUT2D eigenvalue weighted by Crippen LogP contribution is 2.33. The second-order valence-electron chi connectivity index (χ2n) is 3.42. The first kappa shape index (κ1) is 8.38. The zero-order valence-electron chi connectivity index (χ0n) is 7.46. The second kappa shape index (κ2) is 3.26. The molecule has 4 N–H and O–H groups in total. The Kier molecular flexibility index (Phi) is 2.10. The molecule has 0 radical (unpaired) electrons. The summed E-state index contributed by atoms with van der Waals surface area (Å²) in [5.74, 6) is 0.712. The van der Waals surface area contributed by atoms with Crippen LogP contribution in [0.4, 0.5) is 5.69 Å². The molecule has 0 saturated heterocycles. The standard InChI is InChI=1S/C10H14N2O/c11-6-7-3-4-12-10-2-1-8(13)5-9(7)10/h1-2,5,7,12-13H,3-4,6,11H2. The lowest BCUT2D eigenvalue weighted by Gasteiger charge is -2.25. The van der Waals surface area contributed by atoms with Gasteiger partial charge in [-0.25, -0.2) is 0 Å². The minimum absolute atomic E-state index is 0.320. The van der Waals surface area contributed by atoms with Crippen LogP contribution < -0.4 is 11.1 Å². The Bertz CT molecular complexity index is 312. The SMILES string of the molecule is NCC1CCNc2ccc(O)cc21. The van der Waals surface area contributed by atoms with Crippen molar-refractivity contribution in [2.45, 2.75) is 12.3 Å². The molecule has 70 valence electrons. The minimum Gasteiger partial charge on any atom is -0.508 e. The molecule has 0 amide bonds. The van der Waals surface area contributed by atoms with Gasteiger partial charge < -0.3 is 16.2 Å². The molecule has 1 aliphatic heterocycles. The molecule has 1 aliphatic rings. The summed E-state index contributed by atoms with van der Waals surface area (Å²) in [5.41, 5.74) is 7.92. The van der Waals surface area contributed by atoms with Crippen molar-refractivity contribution in [1.29, 1.82) is 0 Å². The smallest absolute Gasteiger partial charge is 0.116 e. The average molecular weight is 178 g/mol. The molecule has 0 aliphatic carbocycles. The molecule has 0 spiro atoms. The van der Waals surface area contributed by atoms with E-state index >= 15 is 0 Å². The Morgan fingerprint density at radius 1 is 1.54 bits per heavy atom. The van der Waals surface area contributed by atoms with Crippen LogP contribution in [-0.4, -0.2) is 18.2 Å². The Morgan fingerprint density at radius 2 is 2.38 bits per heavy atom. The highest BCUT2D eigenvalue weighted by atomic mass is 16.3. The van der Waals surface area contributed by atoms with Gasteiger partial charge in [0.2, 0.25) is 0 Å². The van der Waals surface area contributed by atoms with E-state index < -0.39 is 0 Å². The van der Waals surface area contributed by atoms with Gasteiger partial charge in [-0.3, -0.25) is 0 Å². The molecular weight excluding hydrogens is 164 g/mol. The molecule has 0 bridgehead atoms. The van der Waals surface area contributed by atoms with Gasteiger partial charge in [-0.15, -0.1) is 0 Å². The summed E-state index contributed by atoms with van der Waals surface area (Å²) >= 11 is 0. The normalized spacial score (nSPS) is 20.5. The third-order valence-corrected chi connectivity index (χ3v) is 2.57. The lowest BCUT2D eigenvalue weighted by molar-refractivity contribution is 0.473. The van der Waals surface area contributed by atoms with Crippen molar-refractivity contribution >= 4 is 5.69 Å². The minimum atomic E-state index is 0.320. The van der Waals surface area contributed by atoms with E-state index in [2.05, 4.69) is 5.32 Å². The van der Waals surface area contributed by atoms with Crippen LogP contribution in [0, 0.1) is 0 Å². The topological polar surface area (TPSA) is 58.3 Å². The first-order valence-electron chi connectivity index (χ1n) is 4.58. The highest BCUT2D eigenvalue weighted by molar-refractivity contribution is 5.57. The maximum absolute atomic E-state index is 9.33. The number of fused-ring (bicyclic) bond motifs is 1. The highest BCUT2D eigenvalue weighted by Gasteiger charge is 2.18. The molecule has 3 heteroatoms. The van der Waals surface area contributed by atoms with E-state index in [4.69, 9.17) is 5.73 Å². The Balaban J connectivity index is 2.41. The fourth-order valence-electron chi connectivity index (χ4n) is 1.83. The van der Waals surface area contributed by atoms with Crippen LogP contribution >= 0.6 is 0 Å². The molecule has 1 aromatic rings. The van der Waals surface area contributed by atoms with Crippen molar-refractivity contribution in [3.05, 3.63) is 23.8 Å². The zero-order chi connectivity index (χ0) is 9.26. The largest absolute Gasteiger partial charge is 0.508 e. The molecular formula is C10H14N2O. The summed E-state index contributed by atoms with van der Waals surface area (Å²) in [6, 6.07) is 5.41. The average Bonchev–Trinajstić information content (AvgIpc) is 2.17. The maximum atomic E-state index is 9.33. The quantitative estimate of drug-likeness (QED) is 0.567. The zero-order valence-corrected chi connectivity index (χ0v) is 7.46. The van der Waals surface area contributed by atoms with Crippen LogP contribution in [-0.2, 0) is 0 Å². The molecule has 0 saturated carbocycles. The van der Waals surface area contributed by atoms with E-state index in [0.717, 1.165) is 24.2 Å². The van der Waals surface area contributed by atoms with E-state index in [-0.39, 0.29) is 0 Å². The van der Waals surface area contributed by atoms with Crippen molar-refractivity contribution < 1.29 is 5.11 Å². The number of nitrogens with one attached hydrogen (secondary N) is 1. The number of nitrogens with two attached hydrogens (primary N) is 1. The third-order valence-electron chi connectivity index (χ3n) is 2.57. The van der Waals surface area contributed by atoms with Crippen molar-refractivity contribution in [3.63, 3.8) is 0 Å². The predicted octanol–water partition coefficient (Wildman–Crippen LogP) is 1.25. The first-order valence-corrected chi connectivity index (χ1v) is 4.58. The lowest BCUT2D eigenvalue weighted by Crippen LogP contribution is -2.22. The van der Waals surface area contributed by atoms with Crippen molar-refractivity contribution in [2.24, 2.45) is 5.73 Å². The lowest BCUT2D eigenvalue weighted by atomic mass is 9.91. The van der Waals surface area contributed by atoms with Crippen molar-refractivity contribution in [2.75, 3.05) is 18.4 Å². The summed E-state index contributed by atoms with van der Waals surface area (Å²) in [4.78, 5) is 0. The van der Waals surface area contributed by atoms with Gasteiger partial charge in [-0.2, -0.15) is 0 Å². The molecule has 0 aromatic heterocycles.